The second kappa shape index (κ2) is 9.97. The van der Waals surface area contributed by atoms with Gasteiger partial charge in [-0.3, -0.25) is 19.0 Å². The summed E-state index contributed by atoms with van der Waals surface area (Å²) in [4.78, 5) is 55.8. The zero-order chi connectivity index (χ0) is 31.0. The number of hydrogen-bond acceptors (Lipinski definition) is 7. The van der Waals surface area contributed by atoms with Crippen LogP contribution in [0.25, 0.3) is 16.7 Å². The average Bonchev–Trinajstić information content (AvgIpc) is 3.74. The van der Waals surface area contributed by atoms with E-state index in [2.05, 4.69) is 22.2 Å². The second-order valence-electron chi connectivity index (χ2n) is 11.6. The summed E-state index contributed by atoms with van der Waals surface area (Å²) in [5.41, 5.74) is 4.73. The normalized spacial score (nSPS) is 24.5. The smallest absolute Gasteiger partial charge is 0.341 e. The third kappa shape index (κ3) is 4.46. The van der Waals surface area contributed by atoms with E-state index in [4.69, 9.17) is 5.73 Å². The van der Waals surface area contributed by atoms with Crippen LogP contribution in [0.5, 0.6) is 0 Å². The minimum atomic E-state index is -1.49. The Morgan fingerprint density at radius 1 is 1.26 bits per heavy atom. The first kappa shape index (κ1) is 28.5. The SMILES string of the molecule is C=CCc1cc(F)ccc1-n1cc(C(=O)O)c(=O)c2cc(F)c(N3CC4C5C(NC(=O)[C@H](C)NC(=O)[C@H](C)N)C45C3)nc21. The number of benzene rings is 1. The van der Waals surface area contributed by atoms with Crippen LogP contribution in [0.1, 0.15) is 29.8 Å². The van der Waals surface area contributed by atoms with Crippen LogP contribution in [0.4, 0.5) is 14.6 Å². The predicted octanol–water partition coefficient (Wildman–Crippen LogP) is 1.49. The highest BCUT2D eigenvalue weighted by atomic mass is 19.1. The van der Waals surface area contributed by atoms with Crippen LogP contribution >= 0.6 is 0 Å². The lowest BCUT2D eigenvalue weighted by molar-refractivity contribution is -0.129. The topological polar surface area (TPSA) is 160 Å². The number of rotatable bonds is 9. The number of aromatic carboxylic acids is 1. The minimum absolute atomic E-state index is 0.00836. The molecule has 1 aliphatic heterocycles. The van der Waals surface area contributed by atoms with Crippen molar-refractivity contribution in [3.8, 4) is 5.69 Å². The van der Waals surface area contributed by atoms with Gasteiger partial charge >= 0.3 is 5.97 Å². The van der Waals surface area contributed by atoms with Crippen molar-refractivity contribution < 1.29 is 28.3 Å². The van der Waals surface area contributed by atoms with Crippen molar-refractivity contribution in [2.24, 2.45) is 23.0 Å². The van der Waals surface area contributed by atoms with Gasteiger partial charge in [-0.15, -0.1) is 6.58 Å². The summed E-state index contributed by atoms with van der Waals surface area (Å²) in [7, 11) is 0. The molecular formula is C30H30F2N6O5. The molecule has 0 radical (unpaired) electrons. The maximum Gasteiger partial charge on any atom is 0.341 e. The molecule has 6 atom stereocenters. The number of fused-ring (bicyclic) bond motifs is 2. The van der Waals surface area contributed by atoms with Gasteiger partial charge in [-0.05, 0) is 61.9 Å². The van der Waals surface area contributed by atoms with Gasteiger partial charge in [-0.25, -0.2) is 18.6 Å². The highest BCUT2D eigenvalue weighted by Gasteiger charge is 2.89. The molecule has 1 aromatic carbocycles. The van der Waals surface area contributed by atoms with Crippen molar-refractivity contribution >= 4 is 34.6 Å². The van der Waals surface area contributed by atoms with Crippen LogP contribution in [-0.2, 0) is 16.0 Å². The molecule has 1 spiro atoms. The number of nitrogens with one attached hydrogen (secondary N) is 2. The molecule has 4 unspecified atom stereocenters. The van der Waals surface area contributed by atoms with Crippen LogP contribution in [0.15, 0.2) is 47.9 Å². The van der Waals surface area contributed by atoms with Gasteiger partial charge in [0.15, 0.2) is 17.3 Å². The molecule has 2 aromatic heterocycles. The van der Waals surface area contributed by atoms with Crippen LogP contribution in [-0.4, -0.2) is 63.7 Å². The fourth-order valence-corrected chi connectivity index (χ4v) is 6.60. The molecule has 3 aromatic rings. The Labute approximate surface area is 244 Å². The van der Waals surface area contributed by atoms with Gasteiger partial charge in [0.2, 0.25) is 17.2 Å². The predicted molar refractivity (Wildman–Crippen MR) is 153 cm³/mol. The molecule has 13 heteroatoms. The van der Waals surface area contributed by atoms with E-state index in [9.17, 15) is 28.7 Å². The summed E-state index contributed by atoms with van der Waals surface area (Å²) in [6.07, 6.45) is 2.93. The van der Waals surface area contributed by atoms with E-state index in [-0.39, 0.29) is 52.5 Å². The first-order chi connectivity index (χ1) is 20.4. The Kier molecular flexibility index (Phi) is 6.60. The molecule has 6 rings (SSSR count). The molecule has 3 aliphatic rings. The zero-order valence-electron chi connectivity index (χ0n) is 23.4. The van der Waals surface area contributed by atoms with Crippen LogP contribution < -0.4 is 26.7 Å². The van der Waals surface area contributed by atoms with Gasteiger partial charge in [0, 0.05) is 30.7 Å². The van der Waals surface area contributed by atoms with Crippen molar-refractivity contribution in [3.05, 3.63) is 76.1 Å². The lowest BCUT2D eigenvalue weighted by atomic mass is 10.1. The van der Waals surface area contributed by atoms with Crippen LogP contribution in [0, 0.1) is 28.9 Å². The fourth-order valence-electron chi connectivity index (χ4n) is 6.60. The summed E-state index contributed by atoms with van der Waals surface area (Å²) in [5, 5.41) is 15.0. The molecule has 2 aliphatic carbocycles. The van der Waals surface area contributed by atoms with E-state index in [1.165, 1.54) is 29.7 Å². The first-order valence-corrected chi connectivity index (χ1v) is 13.9. The van der Waals surface area contributed by atoms with E-state index < -0.39 is 46.6 Å². The first-order valence-electron chi connectivity index (χ1n) is 13.9. The molecule has 11 nitrogen and oxygen atoms in total. The number of aromatic nitrogens is 2. The number of hydrogen-bond donors (Lipinski definition) is 4. The Hall–Kier alpha value is -4.65. The maximum absolute atomic E-state index is 15.6. The highest BCUT2D eigenvalue weighted by molar-refractivity contribution is 5.93. The van der Waals surface area contributed by atoms with E-state index in [1.807, 2.05) is 0 Å². The Morgan fingerprint density at radius 2 is 2.00 bits per heavy atom. The number of carbonyl (C=O) groups excluding carboxylic acids is 2. The molecule has 2 amide bonds. The average molecular weight is 593 g/mol. The van der Waals surface area contributed by atoms with Crippen molar-refractivity contribution in [2.45, 2.75) is 38.4 Å². The van der Waals surface area contributed by atoms with Crippen molar-refractivity contribution in [1.29, 1.82) is 0 Å². The number of piperidine rings is 1. The summed E-state index contributed by atoms with van der Waals surface area (Å²) in [5.74, 6) is -3.10. The lowest BCUT2D eigenvalue weighted by Crippen LogP contribution is -2.51. The number of allylic oxidation sites excluding steroid dienone is 1. The summed E-state index contributed by atoms with van der Waals surface area (Å²) in [6, 6.07) is 3.29. The fraction of sp³-hybridized carbons (Fsp3) is 0.367. The summed E-state index contributed by atoms with van der Waals surface area (Å²) < 4.78 is 31.0. The van der Waals surface area contributed by atoms with E-state index in [0.717, 1.165) is 12.3 Å². The number of carboxylic acids is 1. The molecule has 5 N–H and O–H groups in total. The number of anilines is 1. The van der Waals surface area contributed by atoms with E-state index >= 15 is 4.39 Å². The third-order valence-corrected chi connectivity index (χ3v) is 8.92. The van der Waals surface area contributed by atoms with Gasteiger partial charge in [0.25, 0.3) is 0 Å². The van der Waals surface area contributed by atoms with E-state index in [0.29, 0.717) is 24.3 Å². The van der Waals surface area contributed by atoms with Crippen LogP contribution in [0.2, 0.25) is 0 Å². The monoisotopic (exact) mass is 592 g/mol. The Morgan fingerprint density at radius 3 is 2.67 bits per heavy atom. The molecular weight excluding hydrogens is 562 g/mol. The lowest BCUT2D eigenvalue weighted by Gasteiger charge is -2.21. The molecule has 3 fully saturated rings. The van der Waals surface area contributed by atoms with Gasteiger partial charge in [0.05, 0.1) is 17.1 Å². The number of carbonyl (C=O) groups is 3. The van der Waals surface area contributed by atoms with Gasteiger partial charge < -0.3 is 26.4 Å². The van der Waals surface area contributed by atoms with Crippen molar-refractivity contribution in [2.75, 3.05) is 18.0 Å². The second-order valence-corrected chi connectivity index (χ2v) is 11.6. The third-order valence-electron chi connectivity index (χ3n) is 8.92. The Balaban J connectivity index is 1.31. The van der Waals surface area contributed by atoms with Gasteiger partial charge in [-0.1, -0.05) is 6.08 Å². The standard InChI is InChI=1S/C30H30F2N6O5/c1-4-5-15-8-16(31)6-7-21(15)38-10-18(29(42)43)23(39)17-9-20(32)26(36-25(17)38)37-11-19-22-24(30(19,22)12-37)35-28(41)14(3)34-27(40)13(2)33/h4,6-10,13-14,19,22,24H,1,5,11-12,33H2,2-3H3,(H,34,40)(H,35,41)(H,42,43)/t13-,14-,19?,22?,24?,30?/m0/s1. The number of nitrogens with zero attached hydrogens (tertiary/aromatic N) is 3. The maximum atomic E-state index is 15.6. The Bertz CT molecular complexity index is 1790. The number of halogens is 2. The number of pyridine rings is 2. The largest absolute Gasteiger partial charge is 0.477 e. The van der Waals surface area contributed by atoms with Crippen molar-refractivity contribution in [1.82, 2.24) is 20.2 Å². The zero-order valence-corrected chi connectivity index (χ0v) is 23.4. The molecule has 224 valence electrons. The molecule has 0 bridgehead atoms. The number of carboxylic acid groups (broad SMARTS) is 1. The summed E-state index contributed by atoms with van der Waals surface area (Å²) >= 11 is 0. The van der Waals surface area contributed by atoms with Crippen molar-refractivity contribution in [3.63, 3.8) is 0 Å². The highest BCUT2D eigenvalue weighted by Crippen LogP contribution is 2.82. The molecule has 43 heavy (non-hydrogen) atoms. The van der Waals surface area contributed by atoms with Crippen LogP contribution in [0.3, 0.4) is 0 Å². The molecule has 3 heterocycles. The van der Waals surface area contributed by atoms with Gasteiger partial charge in [-0.2, -0.15) is 0 Å². The van der Waals surface area contributed by atoms with Gasteiger partial charge in [0.1, 0.15) is 17.4 Å². The van der Waals surface area contributed by atoms with E-state index in [1.54, 1.807) is 17.9 Å². The minimum Gasteiger partial charge on any atom is -0.477 e. The summed E-state index contributed by atoms with van der Waals surface area (Å²) in [6.45, 7) is 7.70. The molecule has 1 saturated heterocycles. The molecule has 2 saturated carbocycles. The number of amides is 2. The number of nitrogens with two attached hydrogens (primary N) is 1. The quantitative estimate of drug-likeness (QED) is 0.272.